The summed E-state index contributed by atoms with van der Waals surface area (Å²) in [5, 5.41) is 13.1. The van der Waals surface area contributed by atoms with E-state index in [0.717, 1.165) is 64.6 Å². The van der Waals surface area contributed by atoms with Gasteiger partial charge in [-0.2, -0.15) is 0 Å². The number of rotatable bonds is 2. The van der Waals surface area contributed by atoms with Gasteiger partial charge in [-0.25, -0.2) is 8.78 Å². The molecule has 0 unspecified atom stereocenters. The Hall–Kier alpha value is -5.08. The molecule has 9 aromatic carbocycles. The van der Waals surface area contributed by atoms with Crippen LogP contribution >= 0.6 is 0 Å². The molecule has 0 aromatic heterocycles. The summed E-state index contributed by atoms with van der Waals surface area (Å²) >= 11 is 0. The molecule has 0 bridgehead atoms. The average molecular weight is 515 g/mol. The SMILES string of the molecule is Fc1cc(-c2ccc3ccc4cccc5ccc2c3c45)c(F)cc1-c1ccc2ccc3cccc4ccc1c2c34. The predicted octanol–water partition coefficient (Wildman–Crippen LogP) is 11.1. The fourth-order valence-corrected chi connectivity index (χ4v) is 6.90. The van der Waals surface area contributed by atoms with E-state index in [1.54, 1.807) is 0 Å². The molecule has 0 aliphatic carbocycles. The summed E-state index contributed by atoms with van der Waals surface area (Å²) < 4.78 is 32.1. The van der Waals surface area contributed by atoms with E-state index in [2.05, 4.69) is 72.8 Å². The summed E-state index contributed by atoms with van der Waals surface area (Å²) in [7, 11) is 0. The lowest BCUT2D eigenvalue weighted by Crippen LogP contribution is -1.94. The first kappa shape index (κ1) is 21.8. The van der Waals surface area contributed by atoms with Crippen LogP contribution in [0, 0.1) is 11.6 Å². The summed E-state index contributed by atoms with van der Waals surface area (Å²) in [4.78, 5) is 0. The van der Waals surface area contributed by atoms with E-state index < -0.39 is 11.6 Å². The molecule has 0 radical (unpaired) electrons. The van der Waals surface area contributed by atoms with E-state index in [-0.39, 0.29) is 11.1 Å². The Morgan fingerprint density at radius 3 is 1.02 bits per heavy atom. The first-order chi connectivity index (χ1) is 19.7. The van der Waals surface area contributed by atoms with Crippen molar-refractivity contribution in [1.29, 1.82) is 0 Å². The summed E-state index contributed by atoms with van der Waals surface area (Å²) in [5.41, 5.74) is 1.95. The summed E-state index contributed by atoms with van der Waals surface area (Å²) in [6.45, 7) is 0. The van der Waals surface area contributed by atoms with Crippen molar-refractivity contribution in [2.45, 2.75) is 0 Å². The summed E-state index contributed by atoms with van der Waals surface area (Å²) in [5.74, 6) is -0.866. The molecular weight excluding hydrogens is 494 g/mol. The molecule has 40 heavy (non-hydrogen) atoms. The van der Waals surface area contributed by atoms with Crippen LogP contribution in [0.5, 0.6) is 0 Å². The van der Waals surface area contributed by atoms with Gasteiger partial charge in [0.05, 0.1) is 0 Å². The third-order valence-electron chi connectivity index (χ3n) is 8.69. The molecule has 0 aliphatic rings. The highest BCUT2D eigenvalue weighted by Gasteiger charge is 2.19. The van der Waals surface area contributed by atoms with Gasteiger partial charge in [-0.15, -0.1) is 0 Å². The van der Waals surface area contributed by atoms with Gasteiger partial charge in [0.15, 0.2) is 0 Å². The molecule has 0 saturated heterocycles. The lowest BCUT2D eigenvalue weighted by molar-refractivity contribution is 0.606. The first-order valence-corrected chi connectivity index (χ1v) is 13.5. The van der Waals surface area contributed by atoms with Gasteiger partial charge in [-0.3, -0.25) is 0 Å². The van der Waals surface area contributed by atoms with E-state index in [0.29, 0.717) is 11.1 Å². The zero-order valence-electron chi connectivity index (χ0n) is 21.3. The minimum absolute atomic E-state index is 0.275. The molecule has 2 heteroatoms. The van der Waals surface area contributed by atoms with E-state index in [9.17, 15) is 0 Å². The number of halogens is 2. The highest BCUT2D eigenvalue weighted by molar-refractivity contribution is 6.26. The maximum absolute atomic E-state index is 16.1. The van der Waals surface area contributed by atoms with Crippen molar-refractivity contribution >= 4 is 64.6 Å². The lowest BCUT2D eigenvalue weighted by Gasteiger charge is -2.17. The quantitative estimate of drug-likeness (QED) is 0.201. The van der Waals surface area contributed by atoms with Crippen LogP contribution in [0.15, 0.2) is 121 Å². The van der Waals surface area contributed by atoms with E-state index >= 15 is 8.78 Å². The third kappa shape index (κ3) is 2.83. The number of benzene rings is 9. The van der Waals surface area contributed by atoms with Gasteiger partial charge in [-0.05, 0) is 87.9 Å². The monoisotopic (exact) mass is 514 g/mol. The van der Waals surface area contributed by atoms with Gasteiger partial charge >= 0.3 is 0 Å². The second-order valence-electron chi connectivity index (χ2n) is 10.8. The average Bonchev–Trinajstić information content (AvgIpc) is 3.00. The van der Waals surface area contributed by atoms with Crippen LogP contribution in [-0.4, -0.2) is 0 Å². The molecule has 0 aliphatic heterocycles. The molecule has 0 atom stereocenters. The normalized spacial score (nSPS) is 12.2. The van der Waals surface area contributed by atoms with Crippen LogP contribution in [0.2, 0.25) is 0 Å². The van der Waals surface area contributed by atoms with Crippen molar-refractivity contribution < 1.29 is 8.78 Å². The largest absolute Gasteiger partial charge is 0.206 e. The van der Waals surface area contributed by atoms with Gasteiger partial charge in [0.1, 0.15) is 11.6 Å². The summed E-state index contributed by atoms with van der Waals surface area (Å²) in [6.07, 6.45) is 0. The van der Waals surface area contributed by atoms with Crippen LogP contribution in [0.25, 0.3) is 86.9 Å². The molecule has 0 amide bonds. The van der Waals surface area contributed by atoms with Crippen molar-refractivity contribution in [2.24, 2.45) is 0 Å². The first-order valence-electron chi connectivity index (χ1n) is 13.5. The smallest absolute Gasteiger partial charge is 0.131 e. The van der Waals surface area contributed by atoms with Crippen LogP contribution in [-0.2, 0) is 0 Å². The zero-order chi connectivity index (χ0) is 26.5. The van der Waals surface area contributed by atoms with Crippen LogP contribution < -0.4 is 0 Å². The second kappa shape index (κ2) is 7.74. The van der Waals surface area contributed by atoms with Crippen molar-refractivity contribution in [2.75, 3.05) is 0 Å². The lowest BCUT2D eigenvalue weighted by atomic mass is 9.88. The van der Waals surface area contributed by atoms with Gasteiger partial charge in [0, 0.05) is 11.1 Å². The molecule has 9 rings (SSSR count). The standard InChI is InChI=1S/C38H20F2/c39-33-20-32(28-16-12-26-10-8-22-4-2-6-24-14-18-30(28)38(26)36(22)24)34(40)19-31(33)27-15-11-25-9-7-21-3-1-5-23-13-17-29(27)37(25)35(21)23/h1-20H. The molecule has 0 N–H and O–H groups in total. The molecule has 0 heterocycles. The third-order valence-corrected chi connectivity index (χ3v) is 8.69. The van der Waals surface area contributed by atoms with E-state index in [1.807, 2.05) is 36.4 Å². The Morgan fingerprint density at radius 2 is 0.625 bits per heavy atom. The van der Waals surface area contributed by atoms with Crippen LogP contribution in [0.3, 0.4) is 0 Å². The van der Waals surface area contributed by atoms with Crippen molar-refractivity contribution in [3.63, 3.8) is 0 Å². The fourth-order valence-electron chi connectivity index (χ4n) is 6.90. The van der Waals surface area contributed by atoms with Crippen molar-refractivity contribution in [3.8, 4) is 22.3 Å². The molecule has 0 spiro atoms. The Labute approximate surface area is 228 Å². The highest BCUT2D eigenvalue weighted by Crippen LogP contribution is 2.43. The maximum Gasteiger partial charge on any atom is 0.131 e. The molecule has 9 aromatic rings. The van der Waals surface area contributed by atoms with Gasteiger partial charge in [-0.1, -0.05) is 109 Å². The molecule has 0 saturated carbocycles. The minimum atomic E-state index is -0.433. The van der Waals surface area contributed by atoms with Crippen LogP contribution in [0.1, 0.15) is 0 Å². The van der Waals surface area contributed by atoms with Crippen LogP contribution in [0.4, 0.5) is 8.78 Å². The second-order valence-corrected chi connectivity index (χ2v) is 10.8. The zero-order valence-corrected chi connectivity index (χ0v) is 21.3. The van der Waals surface area contributed by atoms with Gasteiger partial charge in [0.25, 0.3) is 0 Å². The van der Waals surface area contributed by atoms with Gasteiger partial charge < -0.3 is 0 Å². The molecular formula is C38H20F2. The highest BCUT2D eigenvalue weighted by atomic mass is 19.1. The number of hydrogen-bond acceptors (Lipinski definition) is 0. The van der Waals surface area contributed by atoms with E-state index in [1.165, 1.54) is 12.1 Å². The Balaban J connectivity index is 1.29. The Kier molecular flexibility index (Phi) is 4.22. The fraction of sp³-hybridized carbons (Fsp3) is 0. The minimum Gasteiger partial charge on any atom is -0.206 e. The Morgan fingerprint density at radius 1 is 0.300 bits per heavy atom. The number of hydrogen-bond donors (Lipinski definition) is 0. The van der Waals surface area contributed by atoms with E-state index in [4.69, 9.17) is 0 Å². The molecule has 186 valence electrons. The molecule has 0 fully saturated rings. The van der Waals surface area contributed by atoms with Gasteiger partial charge in [0.2, 0.25) is 0 Å². The summed E-state index contributed by atoms with van der Waals surface area (Å²) in [6, 6.07) is 39.7. The molecule has 0 nitrogen and oxygen atoms in total. The maximum atomic E-state index is 16.1. The van der Waals surface area contributed by atoms with Crippen molar-refractivity contribution in [3.05, 3.63) is 133 Å². The topological polar surface area (TPSA) is 0 Å². The van der Waals surface area contributed by atoms with Crippen molar-refractivity contribution in [1.82, 2.24) is 0 Å². The predicted molar refractivity (Wildman–Crippen MR) is 165 cm³/mol. The Bertz CT molecular complexity index is 2250.